The molecule has 1 N–H and O–H groups in total. The van der Waals surface area contributed by atoms with E-state index in [1.165, 1.54) is 6.42 Å². The molecule has 5 atom stereocenters. The molecule has 31 heavy (non-hydrogen) atoms. The molecule has 2 unspecified atom stereocenters. The highest BCUT2D eigenvalue weighted by atomic mass is 16.6. The Balaban J connectivity index is 1.74. The zero-order valence-electron chi connectivity index (χ0n) is 18.9. The minimum atomic E-state index is -0.395. The van der Waals surface area contributed by atoms with Crippen LogP contribution in [0.2, 0.25) is 0 Å². The van der Waals surface area contributed by atoms with Crippen molar-refractivity contribution in [3.8, 4) is 5.75 Å². The molecule has 3 fully saturated rings. The number of alkyl carbamates (subject to hydrolysis) is 1. The molecule has 1 aromatic carbocycles. The van der Waals surface area contributed by atoms with Gasteiger partial charge in [0.05, 0.1) is 18.7 Å². The summed E-state index contributed by atoms with van der Waals surface area (Å²) in [7, 11) is 1.66. The molecule has 3 aliphatic rings. The van der Waals surface area contributed by atoms with Gasteiger partial charge in [0, 0.05) is 29.2 Å². The van der Waals surface area contributed by atoms with Crippen molar-refractivity contribution in [3.63, 3.8) is 0 Å². The number of nitrogens with one attached hydrogen (secondary N) is 1. The van der Waals surface area contributed by atoms with Gasteiger partial charge in [0.1, 0.15) is 11.9 Å². The number of hydrogen-bond acceptors (Lipinski definition) is 5. The predicted octanol–water partition coefficient (Wildman–Crippen LogP) is 4.71. The number of methoxy groups -OCH3 is 1. The maximum absolute atomic E-state index is 12.9. The number of ether oxygens (including phenoxy) is 2. The van der Waals surface area contributed by atoms with Crippen molar-refractivity contribution in [2.24, 2.45) is 11.8 Å². The molecule has 3 saturated heterocycles. The number of rotatable bonds is 5. The van der Waals surface area contributed by atoms with Gasteiger partial charge >= 0.3 is 6.09 Å². The zero-order chi connectivity index (χ0) is 22.2. The van der Waals surface area contributed by atoms with Crippen LogP contribution in [0.5, 0.6) is 5.75 Å². The molecule has 0 spiro atoms. The topological polar surface area (TPSA) is 63.7 Å². The first kappa shape index (κ1) is 21.6. The molecule has 6 heteroatoms. The highest BCUT2D eigenvalue weighted by molar-refractivity contribution is 5.84. The molecule has 2 aromatic rings. The second kappa shape index (κ2) is 8.50. The molecule has 1 aromatic heterocycles. The molecule has 0 radical (unpaired) electrons. The van der Waals surface area contributed by atoms with E-state index < -0.39 is 12.2 Å². The molecule has 6 nitrogen and oxygen atoms in total. The fraction of sp³-hybridized carbons (Fsp3) is 0.520. The van der Waals surface area contributed by atoms with Crippen LogP contribution >= 0.6 is 0 Å². The van der Waals surface area contributed by atoms with Gasteiger partial charge in [-0.15, -0.1) is 6.58 Å². The van der Waals surface area contributed by atoms with Crippen molar-refractivity contribution in [2.75, 3.05) is 20.2 Å². The Labute approximate surface area is 184 Å². The fourth-order valence-electron chi connectivity index (χ4n) is 5.01. The maximum Gasteiger partial charge on any atom is 0.408 e. The number of benzene rings is 1. The van der Waals surface area contributed by atoms with E-state index in [9.17, 15) is 4.79 Å². The van der Waals surface area contributed by atoms with Crippen LogP contribution in [0.3, 0.4) is 0 Å². The number of fused-ring (bicyclic) bond motifs is 4. The Morgan fingerprint density at radius 3 is 2.81 bits per heavy atom. The van der Waals surface area contributed by atoms with Crippen molar-refractivity contribution in [2.45, 2.75) is 51.3 Å². The minimum absolute atomic E-state index is 0.123. The maximum atomic E-state index is 12.9. The van der Waals surface area contributed by atoms with Gasteiger partial charge in [-0.2, -0.15) is 0 Å². The number of nitrogens with zero attached hydrogens (tertiary/aromatic N) is 2. The van der Waals surface area contributed by atoms with E-state index in [4.69, 9.17) is 9.47 Å². The lowest BCUT2D eigenvalue weighted by Crippen LogP contribution is -2.56. The van der Waals surface area contributed by atoms with Gasteiger partial charge in [0.15, 0.2) is 0 Å². The normalized spacial score (nSPS) is 26.3. The van der Waals surface area contributed by atoms with Gasteiger partial charge in [-0.05, 0) is 76.3 Å². The van der Waals surface area contributed by atoms with Crippen LogP contribution in [-0.4, -0.2) is 47.8 Å². The van der Waals surface area contributed by atoms with Crippen molar-refractivity contribution >= 4 is 17.0 Å². The van der Waals surface area contributed by atoms with E-state index in [1.807, 2.05) is 45.0 Å². The van der Waals surface area contributed by atoms with Gasteiger partial charge in [0.2, 0.25) is 0 Å². The Bertz CT molecular complexity index is 968. The molecule has 0 saturated carbocycles. The van der Waals surface area contributed by atoms with Crippen molar-refractivity contribution < 1.29 is 14.3 Å². The Morgan fingerprint density at radius 2 is 2.16 bits per heavy atom. The van der Waals surface area contributed by atoms with Crippen LogP contribution < -0.4 is 10.1 Å². The lowest BCUT2D eigenvalue weighted by Gasteiger charge is -2.51. The lowest BCUT2D eigenvalue weighted by atomic mass is 9.73. The summed E-state index contributed by atoms with van der Waals surface area (Å²) in [6, 6.07) is 7.94. The Kier molecular flexibility index (Phi) is 5.93. The van der Waals surface area contributed by atoms with E-state index in [-0.39, 0.29) is 11.6 Å². The van der Waals surface area contributed by atoms with Crippen LogP contribution in [0.15, 0.2) is 43.1 Å². The smallest absolute Gasteiger partial charge is 0.408 e. The van der Waals surface area contributed by atoms with Gasteiger partial charge < -0.3 is 14.8 Å². The van der Waals surface area contributed by atoms with Crippen LogP contribution in [0, 0.1) is 11.8 Å². The third-order valence-electron chi connectivity index (χ3n) is 6.50. The summed E-state index contributed by atoms with van der Waals surface area (Å²) < 4.78 is 11.6. The van der Waals surface area contributed by atoms with Crippen LogP contribution in [0.4, 0.5) is 4.79 Å². The molecular formula is C25H33N3O3. The van der Waals surface area contributed by atoms with Gasteiger partial charge in [-0.3, -0.25) is 9.88 Å². The summed E-state index contributed by atoms with van der Waals surface area (Å²) in [5.41, 5.74) is 1.47. The third-order valence-corrected chi connectivity index (χ3v) is 6.50. The van der Waals surface area contributed by atoms with Crippen LogP contribution in [-0.2, 0) is 4.74 Å². The number of piperidine rings is 3. The number of pyridine rings is 1. The minimum Gasteiger partial charge on any atom is -0.497 e. The van der Waals surface area contributed by atoms with Gasteiger partial charge in [-0.1, -0.05) is 6.08 Å². The molecule has 166 valence electrons. The lowest BCUT2D eigenvalue weighted by molar-refractivity contribution is -0.0506. The molecule has 2 bridgehead atoms. The fourth-order valence-corrected chi connectivity index (χ4v) is 5.01. The van der Waals surface area contributed by atoms with Crippen LogP contribution in [0.1, 0.15) is 45.3 Å². The Morgan fingerprint density at radius 1 is 1.35 bits per heavy atom. The van der Waals surface area contributed by atoms with E-state index in [2.05, 4.69) is 27.9 Å². The molecular weight excluding hydrogens is 390 g/mol. The summed E-state index contributed by atoms with van der Waals surface area (Å²) in [5, 5.41) is 3.91. The van der Waals surface area contributed by atoms with Crippen molar-refractivity contribution in [1.82, 2.24) is 15.2 Å². The summed E-state index contributed by atoms with van der Waals surface area (Å²) in [6.45, 7) is 11.9. The second-order valence-corrected chi connectivity index (χ2v) is 9.73. The molecule has 0 aliphatic carbocycles. The van der Waals surface area contributed by atoms with E-state index >= 15 is 0 Å². The highest BCUT2D eigenvalue weighted by Gasteiger charge is 2.44. The number of hydrogen-bond donors (Lipinski definition) is 1. The number of carbonyl (C=O) groups excluding carboxylic acids is 1. The molecule has 4 heterocycles. The average Bonchev–Trinajstić information content (AvgIpc) is 2.75. The summed E-state index contributed by atoms with van der Waals surface area (Å²) in [5.74, 6) is 1.84. The predicted molar refractivity (Wildman–Crippen MR) is 122 cm³/mol. The summed E-state index contributed by atoms with van der Waals surface area (Å²) in [4.78, 5) is 19.8. The van der Waals surface area contributed by atoms with E-state index in [0.717, 1.165) is 41.7 Å². The molecule has 1 amide bonds. The first-order valence-electron chi connectivity index (χ1n) is 11.1. The standard InChI is InChI=1S/C25H33N3O3/c1-6-16-15-28-12-10-17(16)13-22(28)23(31-24(29)27-25(2,3)4)19-9-11-26-21-8-7-18(30-5)14-20(19)21/h6-9,11,14,16-17,22-23H,1,10,12-13,15H2,2-5H3,(H,27,29)/t16-,17?,22-,23+/m0/s1. The zero-order valence-corrected chi connectivity index (χ0v) is 18.9. The van der Waals surface area contributed by atoms with Crippen molar-refractivity contribution in [1.29, 1.82) is 0 Å². The first-order chi connectivity index (χ1) is 14.8. The number of amides is 1. The van der Waals surface area contributed by atoms with Crippen molar-refractivity contribution in [3.05, 3.63) is 48.7 Å². The van der Waals surface area contributed by atoms with Gasteiger partial charge in [0.25, 0.3) is 0 Å². The van der Waals surface area contributed by atoms with Gasteiger partial charge in [-0.25, -0.2) is 4.79 Å². The number of aromatic nitrogens is 1. The number of carbonyl (C=O) groups is 1. The van der Waals surface area contributed by atoms with E-state index in [1.54, 1.807) is 13.3 Å². The first-order valence-corrected chi connectivity index (χ1v) is 11.1. The summed E-state index contributed by atoms with van der Waals surface area (Å²) in [6.07, 6.45) is 5.24. The average molecular weight is 424 g/mol. The summed E-state index contributed by atoms with van der Waals surface area (Å²) >= 11 is 0. The van der Waals surface area contributed by atoms with Crippen LogP contribution in [0.25, 0.3) is 10.9 Å². The largest absolute Gasteiger partial charge is 0.497 e. The monoisotopic (exact) mass is 423 g/mol. The van der Waals surface area contributed by atoms with E-state index in [0.29, 0.717) is 11.8 Å². The molecule has 3 aliphatic heterocycles. The second-order valence-electron chi connectivity index (χ2n) is 9.73. The quantitative estimate of drug-likeness (QED) is 0.706. The highest BCUT2D eigenvalue weighted by Crippen LogP contribution is 2.43. The molecule has 5 rings (SSSR count). The Hall–Kier alpha value is -2.60. The third kappa shape index (κ3) is 4.54. The SMILES string of the molecule is C=C[C@H]1CN2CCC1C[C@H]2[C@H](OC(=O)NC(C)(C)C)c1ccnc2ccc(OC)cc12.